The van der Waals surface area contributed by atoms with Crippen molar-refractivity contribution in [2.75, 3.05) is 32.4 Å². The fourth-order valence-corrected chi connectivity index (χ4v) is 2.64. The molecule has 1 heterocycles. The summed E-state index contributed by atoms with van der Waals surface area (Å²) < 4.78 is 27.1. The van der Waals surface area contributed by atoms with Gasteiger partial charge >= 0.3 is 0 Å². The van der Waals surface area contributed by atoms with E-state index in [1.807, 2.05) is 13.0 Å². The standard InChI is InChI=1S/C21H22N2O6/c1-12-5-6-13(22)9-16(12)29-19-8-7-15(28-19)21(24)23-20-17(26-3)10-14(25-2)11-18(20)27-4/h5-11H,22H2,1-4H3,(H,23,24). The van der Waals surface area contributed by atoms with Gasteiger partial charge in [0, 0.05) is 30.0 Å². The summed E-state index contributed by atoms with van der Waals surface area (Å²) in [6.45, 7) is 1.88. The Kier molecular flexibility index (Phi) is 5.82. The van der Waals surface area contributed by atoms with Gasteiger partial charge in [0.05, 0.1) is 21.3 Å². The number of hydrogen-bond donors (Lipinski definition) is 2. The second-order valence-corrected chi connectivity index (χ2v) is 6.11. The molecule has 0 spiro atoms. The van der Waals surface area contributed by atoms with Crippen LogP contribution in [0.25, 0.3) is 0 Å². The molecular formula is C21H22N2O6. The largest absolute Gasteiger partial charge is 0.496 e. The first-order chi connectivity index (χ1) is 13.9. The Labute approximate surface area is 168 Å². The maximum atomic E-state index is 12.7. The normalized spacial score (nSPS) is 10.3. The summed E-state index contributed by atoms with van der Waals surface area (Å²) >= 11 is 0. The second kappa shape index (κ2) is 8.47. The van der Waals surface area contributed by atoms with Crippen LogP contribution in [0.4, 0.5) is 11.4 Å². The van der Waals surface area contributed by atoms with Gasteiger partial charge in [0.2, 0.25) is 0 Å². The van der Waals surface area contributed by atoms with Crippen LogP contribution in [-0.2, 0) is 0 Å². The minimum absolute atomic E-state index is 0.0569. The molecule has 8 heteroatoms. The highest BCUT2D eigenvalue weighted by atomic mass is 16.6. The summed E-state index contributed by atoms with van der Waals surface area (Å²) in [5, 5.41) is 2.73. The van der Waals surface area contributed by atoms with Crippen molar-refractivity contribution in [1.29, 1.82) is 0 Å². The van der Waals surface area contributed by atoms with Crippen molar-refractivity contribution >= 4 is 17.3 Å². The van der Waals surface area contributed by atoms with E-state index in [2.05, 4.69) is 5.32 Å². The van der Waals surface area contributed by atoms with E-state index in [0.29, 0.717) is 34.4 Å². The van der Waals surface area contributed by atoms with Crippen molar-refractivity contribution in [2.24, 2.45) is 0 Å². The van der Waals surface area contributed by atoms with E-state index in [4.69, 9.17) is 29.1 Å². The fourth-order valence-electron chi connectivity index (χ4n) is 2.64. The number of nitrogen functional groups attached to an aromatic ring is 1. The van der Waals surface area contributed by atoms with Crippen LogP contribution in [-0.4, -0.2) is 27.2 Å². The topological polar surface area (TPSA) is 105 Å². The molecule has 29 heavy (non-hydrogen) atoms. The minimum atomic E-state index is -0.495. The van der Waals surface area contributed by atoms with Gasteiger partial charge in [0.1, 0.15) is 28.7 Å². The van der Waals surface area contributed by atoms with E-state index in [1.54, 1.807) is 30.3 Å². The van der Waals surface area contributed by atoms with Gasteiger partial charge in [-0.15, -0.1) is 0 Å². The van der Waals surface area contributed by atoms with Gasteiger partial charge in [-0.25, -0.2) is 0 Å². The summed E-state index contributed by atoms with van der Waals surface area (Å²) in [6, 6.07) is 11.6. The number of carbonyl (C=O) groups is 1. The number of methoxy groups -OCH3 is 3. The number of furan rings is 1. The van der Waals surface area contributed by atoms with Crippen molar-refractivity contribution in [3.63, 3.8) is 0 Å². The number of amides is 1. The molecule has 0 fully saturated rings. The highest BCUT2D eigenvalue weighted by molar-refractivity contribution is 6.04. The average Bonchev–Trinajstić information content (AvgIpc) is 3.19. The van der Waals surface area contributed by atoms with Crippen LogP contribution >= 0.6 is 0 Å². The molecule has 3 N–H and O–H groups in total. The maximum absolute atomic E-state index is 12.7. The molecule has 0 unspecified atom stereocenters. The summed E-state index contributed by atoms with van der Waals surface area (Å²) in [5.74, 6) is 1.57. The lowest BCUT2D eigenvalue weighted by Crippen LogP contribution is -2.13. The smallest absolute Gasteiger partial charge is 0.291 e. The molecule has 0 aliphatic carbocycles. The van der Waals surface area contributed by atoms with Gasteiger partial charge in [0.25, 0.3) is 11.9 Å². The summed E-state index contributed by atoms with van der Waals surface area (Å²) in [7, 11) is 4.49. The SMILES string of the molecule is COc1cc(OC)c(NC(=O)c2ccc(Oc3cc(N)ccc3C)o2)c(OC)c1. The number of carbonyl (C=O) groups excluding carboxylic acids is 1. The number of hydrogen-bond acceptors (Lipinski definition) is 7. The Balaban J connectivity index is 1.81. The van der Waals surface area contributed by atoms with Crippen molar-refractivity contribution in [1.82, 2.24) is 0 Å². The molecule has 2 aromatic carbocycles. The number of nitrogens with one attached hydrogen (secondary N) is 1. The Morgan fingerprint density at radius 1 is 0.931 bits per heavy atom. The maximum Gasteiger partial charge on any atom is 0.291 e. The highest BCUT2D eigenvalue weighted by Crippen LogP contribution is 2.39. The van der Waals surface area contributed by atoms with Gasteiger partial charge in [-0.3, -0.25) is 4.79 Å². The lowest BCUT2D eigenvalue weighted by molar-refractivity contribution is 0.0991. The molecule has 0 bridgehead atoms. The number of aryl methyl sites for hydroxylation is 1. The molecule has 1 aromatic heterocycles. The van der Waals surface area contributed by atoms with Gasteiger partial charge in [-0.05, 0) is 24.6 Å². The molecular weight excluding hydrogens is 376 g/mol. The zero-order valence-corrected chi connectivity index (χ0v) is 16.6. The Bertz CT molecular complexity index is 1000. The first-order valence-corrected chi connectivity index (χ1v) is 8.70. The molecule has 0 aliphatic rings. The second-order valence-electron chi connectivity index (χ2n) is 6.11. The number of anilines is 2. The number of rotatable bonds is 7. The third-order valence-electron chi connectivity index (χ3n) is 4.18. The molecule has 0 radical (unpaired) electrons. The number of nitrogens with two attached hydrogens (primary N) is 1. The molecule has 0 atom stereocenters. The molecule has 3 rings (SSSR count). The average molecular weight is 398 g/mol. The van der Waals surface area contributed by atoms with Gasteiger partial charge in [-0.1, -0.05) is 6.07 Å². The Morgan fingerprint density at radius 3 is 2.24 bits per heavy atom. The van der Waals surface area contributed by atoms with Gasteiger partial charge in [0.15, 0.2) is 5.76 Å². The third-order valence-corrected chi connectivity index (χ3v) is 4.18. The summed E-state index contributed by atoms with van der Waals surface area (Å²) in [4.78, 5) is 12.7. The van der Waals surface area contributed by atoms with Gasteiger partial charge in [-0.2, -0.15) is 0 Å². The predicted octanol–water partition coefficient (Wildman–Crippen LogP) is 4.24. The zero-order valence-electron chi connectivity index (χ0n) is 16.6. The molecule has 8 nitrogen and oxygen atoms in total. The quantitative estimate of drug-likeness (QED) is 0.574. The van der Waals surface area contributed by atoms with E-state index in [1.165, 1.54) is 27.4 Å². The first kappa shape index (κ1) is 19.9. The van der Waals surface area contributed by atoms with Crippen molar-refractivity contribution in [2.45, 2.75) is 6.92 Å². The highest BCUT2D eigenvalue weighted by Gasteiger charge is 2.19. The number of benzene rings is 2. The summed E-state index contributed by atoms with van der Waals surface area (Å²) in [6.07, 6.45) is 0. The van der Waals surface area contributed by atoms with Gasteiger partial charge < -0.3 is 34.4 Å². The molecule has 3 aromatic rings. The van der Waals surface area contributed by atoms with Crippen molar-refractivity contribution < 1.29 is 28.2 Å². The van der Waals surface area contributed by atoms with Crippen molar-refractivity contribution in [3.8, 4) is 28.9 Å². The summed E-state index contributed by atoms with van der Waals surface area (Å²) in [5.41, 5.74) is 7.59. The van der Waals surface area contributed by atoms with Crippen LogP contribution in [0.1, 0.15) is 16.1 Å². The van der Waals surface area contributed by atoms with E-state index >= 15 is 0 Å². The van der Waals surface area contributed by atoms with Crippen LogP contribution in [0, 0.1) is 6.92 Å². The zero-order chi connectivity index (χ0) is 21.0. The minimum Gasteiger partial charge on any atom is -0.496 e. The van der Waals surface area contributed by atoms with E-state index in [0.717, 1.165) is 5.56 Å². The van der Waals surface area contributed by atoms with Crippen LogP contribution in [0.3, 0.4) is 0 Å². The third kappa shape index (κ3) is 4.37. The van der Waals surface area contributed by atoms with Crippen molar-refractivity contribution in [3.05, 3.63) is 53.8 Å². The lowest BCUT2D eigenvalue weighted by atomic mass is 10.2. The predicted molar refractivity (Wildman–Crippen MR) is 108 cm³/mol. The van der Waals surface area contributed by atoms with Crippen LogP contribution < -0.4 is 30.0 Å². The van der Waals surface area contributed by atoms with Crippen LogP contribution in [0.5, 0.6) is 28.9 Å². The first-order valence-electron chi connectivity index (χ1n) is 8.70. The lowest BCUT2D eigenvalue weighted by Gasteiger charge is -2.15. The van der Waals surface area contributed by atoms with Crippen LogP contribution in [0.2, 0.25) is 0 Å². The molecule has 0 saturated carbocycles. The Hall–Kier alpha value is -3.81. The van der Waals surface area contributed by atoms with E-state index in [-0.39, 0.29) is 11.7 Å². The van der Waals surface area contributed by atoms with E-state index in [9.17, 15) is 4.79 Å². The molecule has 0 aliphatic heterocycles. The molecule has 152 valence electrons. The fraction of sp³-hybridized carbons (Fsp3) is 0.190. The van der Waals surface area contributed by atoms with E-state index < -0.39 is 5.91 Å². The Morgan fingerprint density at radius 2 is 1.62 bits per heavy atom. The van der Waals surface area contributed by atoms with Crippen LogP contribution in [0.15, 0.2) is 46.9 Å². The molecule has 1 amide bonds. The molecule has 0 saturated heterocycles. The number of ether oxygens (including phenoxy) is 4. The monoisotopic (exact) mass is 398 g/mol.